The van der Waals surface area contributed by atoms with Crippen molar-refractivity contribution in [3.63, 3.8) is 0 Å². The first-order valence-electron chi connectivity index (χ1n) is 6.53. The summed E-state index contributed by atoms with van der Waals surface area (Å²) in [5, 5.41) is 13.2. The van der Waals surface area contributed by atoms with Crippen molar-refractivity contribution < 1.29 is 14.4 Å². The van der Waals surface area contributed by atoms with Crippen molar-refractivity contribution in [2.24, 2.45) is 0 Å². The van der Waals surface area contributed by atoms with Gasteiger partial charge < -0.3 is 14.4 Å². The molecule has 1 aromatic heterocycles. The second-order valence-electron chi connectivity index (χ2n) is 4.59. The summed E-state index contributed by atoms with van der Waals surface area (Å²) in [6.45, 7) is 6.25. The maximum Gasteiger partial charge on any atom is 0.240 e. The molecule has 0 radical (unpaired) electrons. The fraction of sp³-hybridized carbons (Fsp3) is 0.833. The fourth-order valence-corrected chi connectivity index (χ4v) is 2.31. The van der Waals surface area contributed by atoms with Gasteiger partial charge in [-0.25, -0.2) is 0 Å². The summed E-state index contributed by atoms with van der Waals surface area (Å²) in [5.74, 6) is 1.18. The zero-order chi connectivity index (χ0) is 13.0. The molecule has 6 nitrogen and oxygen atoms in total. The smallest absolute Gasteiger partial charge is 0.240 e. The van der Waals surface area contributed by atoms with Crippen LogP contribution >= 0.6 is 0 Å². The van der Waals surface area contributed by atoms with Crippen LogP contribution in [0, 0.1) is 0 Å². The first kappa shape index (κ1) is 13.5. The van der Waals surface area contributed by atoms with Gasteiger partial charge in [-0.3, -0.25) is 4.90 Å². The SMILES string of the molecule is CCOC(C)c1noc(CN2CCC[C@@H]2CO)n1. The first-order valence-corrected chi connectivity index (χ1v) is 6.53. The van der Waals surface area contributed by atoms with Gasteiger partial charge in [0.2, 0.25) is 5.89 Å². The molecule has 1 aliphatic rings. The van der Waals surface area contributed by atoms with Gasteiger partial charge in [-0.2, -0.15) is 4.98 Å². The molecule has 0 amide bonds. The number of aliphatic hydroxyl groups excluding tert-OH is 1. The fourth-order valence-electron chi connectivity index (χ4n) is 2.31. The van der Waals surface area contributed by atoms with Gasteiger partial charge in [-0.15, -0.1) is 0 Å². The minimum absolute atomic E-state index is 0.139. The number of hydrogen-bond acceptors (Lipinski definition) is 6. The minimum Gasteiger partial charge on any atom is -0.395 e. The van der Waals surface area contributed by atoms with Gasteiger partial charge in [0.1, 0.15) is 6.10 Å². The van der Waals surface area contributed by atoms with Crippen molar-refractivity contribution in [2.45, 2.75) is 45.4 Å². The normalized spacial score (nSPS) is 22.5. The van der Waals surface area contributed by atoms with E-state index < -0.39 is 0 Å². The van der Waals surface area contributed by atoms with E-state index in [-0.39, 0.29) is 18.8 Å². The predicted molar refractivity (Wildman–Crippen MR) is 64.9 cm³/mol. The van der Waals surface area contributed by atoms with Gasteiger partial charge in [0.15, 0.2) is 5.82 Å². The van der Waals surface area contributed by atoms with Crippen LogP contribution in [0.1, 0.15) is 44.5 Å². The summed E-state index contributed by atoms with van der Waals surface area (Å²) in [7, 11) is 0. The molecule has 1 saturated heterocycles. The predicted octanol–water partition coefficient (Wildman–Crippen LogP) is 1.12. The number of rotatable bonds is 6. The van der Waals surface area contributed by atoms with Gasteiger partial charge in [0, 0.05) is 12.6 Å². The van der Waals surface area contributed by atoms with E-state index in [4.69, 9.17) is 9.26 Å². The molecule has 0 aromatic carbocycles. The molecule has 0 spiro atoms. The van der Waals surface area contributed by atoms with E-state index >= 15 is 0 Å². The van der Waals surface area contributed by atoms with Crippen molar-refractivity contribution in [3.05, 3.63) is 11.7 Å². The largest absolute Gasteiger partial charge is 0.395 e. The van der Waals surface area contributed by atoms with Gasteiger partial charge in [-0.1, -0.05) is 5.16 Å². The molecule has 102 valence electrons. The third kappa shape index (κ3) is 3.07. The monoisotopic (exact) mass is 255 g/mol. The van der Waals surface area contributed by atoms with Crippen molar-refractivity contribution in [3.8, 4) is 0 Å². The zero-order valence-corrected chi connectivity index (χ0v) is 11.0. The van der Waals surface area contributed by atoms with E-state index in [2.05, 4.69) is 15.0 Å². The summed E-state index contributed by atoms with van der Waals surface area (Å²) < 4.78 is 10.6. The average molecular weight is 255 g/mol. The third-order valence-electron chi connectivity index (χ3n) is 3.31. The molecule has 1 aliphatic heterocycles. The molecule has 18 heavy (non-hydrogen) atoms. The number of aliphatic hydroxyl groups is 1. The van der Waals surface area contributed by atoms with Crippen molar-refractivity contribution in [2.75, 3.05) is 19.8 Å². The third-order valence-corrected chi connectivity index (χ3v) is 3.31. The Kier molecular flexibility index (Phi) is 4.68. The van der Waals surface area contributed by atoms with Crippen LogP contribution in [0.5, 0.6) is 0 Å². The van der Waals surface area contributed by atoms with E-state index in [1.54, 1.807) is 0 Å². The van der Waals surface area contributed by atoms with E-state index in [9.17, 15) is 5.11 Å². The van der Waals surface area contributed by atoms with E-state index in [1.807, 2.05) is 13.8 Å². The van der Waals surface area contributed by atoms with Gasteiger partial charge in [0.05, 0.1) is 13.2 Å². The Balaban J connectivity index is 1.94. The van der Waals surface area contributed by atoms with Crippen molar-refractivity contribution in [1.82, 2.24) is 15.0 Å². The maximum atomic E-state index is 9.25. The lowest BCUT2D eigenvalue weighted by molar-refractivity contribution is 0.0683. The molecule has 1 fully saturated rings. The van der Waals surface area contributed by atoms with Crippen LogP contribution in [0.2, 0.25) is 0 Å². The van der Waals surface area contributed by atoms with E-state index in [0.29, 0.717) is 24.9 Å². The first-order chi connectivity index (χ1) is 8.74. The highest BCUT2D eigenvalue weighted by Gasteiger charge is 2.25. The molecule has 1 N–H and O–H groups in total. The van der Waals surface area contributed by atoms with Crippen molar-refractivity contribution in [1.29, 1.82) is 0 Å². The molecule has 0 bridgehead atoms. The Morgan fingerprint density at radius 2 is 2.44 bits per heavy atom. The molecule has 6 heteroatoms. The van der Waals surface area contributed by atoms with Crippen LogP contribution in [0.25, 0.3) is 0 Å². The topological polar surface area (TPSA) is 71.6 Å². The van der Waals surface area contributed by atoms with Crippen LogP contribution in [0.3, 0.4) is 0 Å². The number of likely N-dealkylation sites (tertiary alicyclic amines) is 1. The van der Waals surface area contributed by atoms with Gasteiger partial charge in [-0.05, 0) is 33.2 Å². The lowest BCUT2D eigenvalue weighted by Gasteiger charge is -2.20. The summed E-state index contributed by atoms with van der Waals surface area (Å²) in [4.78, 5) is 6.52. The number of hydrogen-bond donors (Lipinski definition) is 1. The Labute approximate surface area is 107 Å². The lowest BCUT2D eigenvalue weighted by Crippen LogP contribution is -2.31. The van der Waals surface area contributed by atoms with E-state index in [0.717, 1.165) is 19.4 Å². The molecule has 2 rings (SSSR count). The van der Waals surface area contributed by atoms with Crippen LogP contribution in [0.4, 0.5) is 0 Å². The highest BCUT2D eigenvalue weighted by molar-refractivity contribution is 4.91. The van der Waals surface area contributed by atoms with Crippen molar-refractivity contribution >= 4 is 0 Å². The van der Waals surface area contributed by atoms with E-state index in [1.165, 1.54) is 0 Å². The van der Waals surface area contributed by atoms with Crippen LogP contribution in [0.15, 0.2) is 4.52 Å². The maximum absolute atomic E-state index is 9.25. The van der Waals surface area contributed by atoms with Crippen LogP contribution in [-0.2, 0) is 11.3 Å². The summed E-state index contributed by atoms with van der Waals surface area (Å²) in [6, 6.07) is 0.227. The molecule has 2 heterocycles. The zero-order valence-electron chi connectivity index (χ0n) is 11.0. The molecule has 2 atom stereocenters. The highest BCUT2D eigenvalue weighted by atomic mass is 16.5. The number of nitrogens with zero attached hydrogens (tertiary/aromatic N) is 3. The molecule has 0 saturated carbocycles. The summed E-state index contributed by atoms with van der Waals surface area (Å²) in [5.41, 5.74) is 0. The number of ether oxygens (including phenoxy) is 1. The Morgan fingerprint density at radius 3 is 3.17 bits per heavy atom. The lowest BCUT2D eigenvalue weighted by atomic mass is 10.2. The molecule has 0 aliphatic carbocycles. The molecular formula is C12H21N3O3. The Morgan fingerprint density at radius 1 is 1.61 bits per heavy atom. The second kappa shape index (κ2) is 6.26. The summed E-state index contributed by atoms with van der Waals surface area (Å²) in [6.07, 6.45) is 2.01. The van der Waals surface area contributed by atoms with Gasteiger partial charge >= 0.3 is 0 Å². The minimum atomic E-state index is -0.139. The standard InChI is InChI=1S/C12H21N3O3/c1-3-17-9(2)12-13-11(18-14-12)7-15-6-4-5-10(15)8-16/h9-10,16H,3-8H2,1-2H3/t9?,10-/m1/s1. The molecular weight excluding hydrogens is 234 g/mol. The molecule has 1 aromatic rings. The quantitative estimate of drug-likeness (QED) is 0.821. The van der Waals surface area contributed by atoms with Crippen LogP contribution in [-0.4, -0.2) is 45.9 Å². The Bertz CT molecular complexity index is 369. The van der Waals surface area contributed by atoms with Gasteiger partial charge in [0.25, 0.3) is 0 Å². The highest BCUT2D eigenvalue weighted by Crippen LogP contribution is 2.20. The summed E-state index contributed by atoms with van der Waals surface area (Å²) >= 11 is 0. The number of aromatic nitrogens is 2. The second-order valence-corrected chi connectivity index (χ2v) is 4.59. The average Bonchev–Trinajstić information content (AvgIpc) is 2.99. The Hall–Kier alpha value is -0.980. The van der Waals surface area contributed by atoms with Crippen LogP contribution < -0.4 is 0 Å². The molecule has 1 unspecified atom stereocenters.